The number of carbonyl (C=O) groups excluding carboxylic acids is 3. The molecule has 2 aromatic rings. The van der Waals surface area contributed by atoms with Crippen LogP contribution in [0, 0.1) is 0 Å². The fraction of sp³-hybridized carbons (Fsp3) is 0.464. The zero-order valence-electron chi connectivity index (χ0n) is 23.4. The molecule has 0 unspecified atom stereocenters. The molecule has 0 radical (unpaired) electrons. The summed E-state index contributed by atoms with van der Waals surface area (Å²) in [5.41, 5.74) is -0.533. The highest BCUT2D eigenvalue weighted by atomic mass is 32.2. The molecule has 0 fully saturated rings. The Balaban J connectivity index is 2.03. The maximum atomic E-state index is 13.1. The van der Waals surface area contributed by atoms with Crippen LogP contribution in [0.1, 0.15) is 71.2 Å². The van der Waals surface area contributed by atoms with Crippen LogP contribution in [0.4, 0.5) is 10.5 Å². The van der Waals surface area contributed by atoms with Gasteiger partial charge in [-0.05, 0) is 97.2 Å². The van der Waals surface area contributed by atoms with Crippen molar-refractivity contribution in [3.63, 3.8) is 0 Å². The first kappa shape index (κ1) is 31.8. The summed E-state index contributed by atoms with van der Waals surface area (Å²) in [6, 6.07) is 13.1. The van der Waals surface area contributed by atoms with Gasteiger partial charge in [0, 0.05) is 17.8 Å². The monoisotopic (exact) mass is 561 g/mol. The van der Waals surface area contributed by atoms with Crippen molar-refractivity contribution in [1.29, 1.82) is 0 Å². The van der Waals surface area contributed by atoms with E-state index in [4.69, 9.17) is 9.47 Å². The van der Waals surface area contributed by atoms with E-state index in [9.17, 15) is 22.8 Å². The van der Waals surface area contributed by atoms with Crippen molar-refractivity contribution in [2.75, 3.05) is 11.9 Å². The van der Waals surface area contributed by atoms with Crippen molar-refractivity contribution in [3.8, 4) is 0 Å². The van der Waals surface area contributed by atoms with Gasteiger partial charge >= 0.3 is 12.1 Å². The van der Waals surface area contributed by atoms with Crippen molar-refractivity contribution < 1.29 is 32.3 Å². The van der Waals surface area contributed by atoms with Crippen LogP contribution in [0.25, 0.3) is 0 Å². The van der Waals surface area contributed by atoms with Crippen LogP contribution in [0.2, 0.25) is 0 Å². The molecule has 0 heterocycles. The minimum Gasteiger partial charge on any atom is -0.459 e. The number of sulfonamides is 1. The number of carbonyl (C=O) groups is 3. The number of benzene rings is 2. The lowest BCUT2D eigenvalue weighted by Crippen LogP contribution is -2.44. The van der Waals surface area contributed by atoms with E-state index in [-0.39, 0.29) is 17.2 Å². The molecule has 0 spiro atoms. The zero-order valence-corrected chi connectivity index (χ0v) is 24.2. The fourth-order valence-corrected chi connectivity index (χ4v) is 4.56. The van der Waals surface area contributed by atoms with Crippen LogP contribution < -0.4 is 15.4 Å². The largest absolute Gasteiger partial charge is 0.459 e. The summed E-state index contributed by atoms with van der Waals surface area (Å²) in [7, 11) is -4.09. The van der Waals surface area contributed by atoms with Gasteiger partial charge < -0.3 is 20.1 Å². The summed E-state index contributed by atoms with van der Waals surface area (Å²) in [6.45, 7) is 10.7. The standard InChI is InChI=1S/C28H39N3O7S/c1-27(2,3)37-25(33)23(14-10-11-19-29-26(34)38-28(4,5)6)31-39(35,36)22-17-15-21(16-18-22)30-24(32)20-12-8-7-9-13-20/h7-9,12-13,15-18,23,31H,10-11,14,19H2,1-6H3,(H,29,34)(H,30,32)/t23-/m1/s1. The first-order valence-electron chi connectivity index (χ1n) is 12.7. The first-order chi connectivity index (χ1) is 18.1. The number of esters is 1. The molecule has 10 nitrogen and oxygen atoms in total. The Bertz CT molecular complexity index is 1220. The molecule has 2 aromatic carbocycles. The number of nitrogens with one attached hydrogen (secondary N) is 3. The van der Waals surface area contributed by atoms with Crippen LogP contribution >= 0.6 is 0 Å². The molecule has 2 amide bonds. The van der Waals surface area contributed by atoms with E-state index in [2.05, 4.69) is 15.4 Å². The molecule has 2 rings (SSSR count). The van der Waals surface area contributed by atoms with Gasteiger partial charge in [-0.3, -0.25) is 9.59 Å². The second-order valence-corrected chi connectivity index (χ2v) is 12.7. The Morgan fingerprint density at radius 2 is 1.41 bits per heavy atom. The second-order valence-electron chi connectivity index (χ2n) is 11.0. The highest BCUT2D eigenvalue weighted by Crippen LogP contribution is 2.18. The van der Waals surface area contributed by atoms with Crippen molar-refractivity contribution in [2.24, 2.45) is 0 Å². The minimum atomic E-state index is -4.09. The predicted octanol–water partition coefficient (Wildman–Crippen LogP) is 4.62. The normalized spacial score (nSPS) is 12.8. The van der Waals surface area contributed by atoms with Crippen molar-refractivity contribution in [3.05, 3.63) is 60.2 Å². The number of ether oxygens (including phenoxy) is 2. The van der Waals surface area contributed by atoms with E-state index < -0.39 is 39.3 Å². The van der Waals surface area contributed by atoms with E-state index in [1.165, 1.54) is 24.3 Å². The average molecular weight is 562 g/mol. The van der Waals surface area contributed by atoms with Gasteiger partial charge in [-0.15, -0.1) is 0 Å². The Labute approximate surface area is 230 Å². The van der Waals surface area contributed by atoms with E-state index in [0.717, 1.165) is 0 Å². The van der Waals surface area contributed by atoms with Crippen LogP contribution in [-0.2, 0) is 24.3 Å². The van der Waals surface area contributed by atoms with E-state index in [1.54, 1.807) is 71.9 Å². The van der Waals surface area contributed by atoms with Crippen molar-refractivity contribution >= 4 is 33.7 Å². The third-order valence-corrected chi connectivity index (χ3v) is 6.52. The Morgan fingerprint density at radius 3 is 1.97 bits per heavy atom. The molecular weight excluding hydrogens is 522 g/mol. The van der Waals surface area contributed by atoms with E-state index >= 15 is 0 Å². The Hall–Kier alpha value is -3.44. The number of anilines is 1. The first-order valence-corrected chi connectivity index (χ1v) is 14.2. The van der Waals surface area contributed by atoms with Crippen LogP contribution in [0.5, 0.6) is 0 Å². The third kappa shape index (κ3) is 11.9. The molecule has 39 heavy (non-hydrogen) atoms. The van der Waals surface area contributed by atoms with Gasteiger partial charge in [0.25, 0.3) is 5.91 Å². The zero-order chi connectivity index (χ0) is 29.3. The number of amides is 2. The summed E-state index contributed by atoms with van der Waals surface area (Å²) < 4.78 is 39.3. The fourth-order valence-electron chi connectivity index (χ4n) is 3.34. The Kier molecular flexibility index (Phi) is 11.1. The molecule has 214 valence electrons. The molecule has 0 aromatic heterocycles. The number of hydrogen-bond acceptors (Lipinski definition) is 7. The number of unbranched alkanes of at least 4 members (excludes halogenated alkanes) is 1. The van der Waals surface area contributed by atoms with E-state index in [1.807, 2.05) is 0 Å². The lowest BCUT2D eigenvalue weighted by atomic mass is 10.1. The second kappa shape index (κ2) is 13.6. The summed E-state index contributed by atoms with van der Waals surface area (Å²) >= 11 is 0. The molecule has 0 saturated heterocycles. The van der Waals surface area contributed by atoms with Crippen molar-refractivity contribution in [2.45, 2.75) is 82.9 Å². The minimum absolute atomic E-state index is 0.0691. The van der Waals surface area contributed by atoms with Gasteiger partial charge in [0.1, 0.15) is 17.2 Å². The highest BCUT2D eigenvalue weighted by molar-refractivity contribution is 7.89. The summed E-state index contributed by atoms with van der Waals surface area (Å²) in [4.78, 5) is 36.9. The molecule has 0 aliphatic carbocycles. The summed E-state index contributed by atoms with van der Waals surface area (Å²) in [5.74, 6) is -1.02. The molecular formula is C28H39N3O7S. The van der Waals surface area contributed by atoms with Crippen molar-refractivity contribution in [1.82, 2.24) is 10.0 Å². The van der Waals surface area contributed by atoms with Gasteiger partial charge in [0.05, 0.1) is 4.90 Å². The van der Waals surface area contributed by atoms with Gasteiger partial charge in [0.2, 0.25) is 10.0 Å². The van der Waals surface area contributed by atoms with E-state index in [0.29, 0.717) is 30.6 Å². The van der Waals surface area contributed by atoms with Crippen LogP contribution in [0.3, 0.4) is 0 Å². The number of alkyl carbamates (subject to hydrolysis) is 1. The maximum absolute atomic E-state index is 13.1. The number of rotatable bonds is 11. The average Bonchev–Trinajstić information content (AvgIpc) is 2.81. The van der Waals surface area contributed by atoms with Gasteiger partial charge in [0.15, 0.2) is 0 Å². The lowest BCUT2D eigenvalue weighted by Gasteiger charge is -2.24. The SMILES string of the molecule is CC(C)(C)OC(=O)NCCCC[C@@H](NS(=O)(=O)c1ccc(NC(=O)c2ccccc2)cc1)C(=O)OC(C)(C)C. The third-order valence-electron chi connectivity index (χ3n) is 5.03. The molecule has 0 saturated carbocycles. The molecule has 1 atom stereocenters. The molecule has 11 heteroatoms. The predicted molar refractivity (Wildman–Crippen MR) is 149 cm³/mol. The quantitative estimate of drug-likeness (QED) is 0.269. The van der Waals surface area contributed by atoms with Crippen LogP contribution in [-0.4, -0.2) is 50.2 Å². The smallest absolute Gasteiger partial charge is 0.407 e. The Morgan fingerprint density at radius 1 is 0.821 bits per heavy atom. The topological polar surface area (TPSA) is 140 Å². The highest BCUT2D eigenvalue weighted by Gasteiger charge is 2.29. The molecule has 0 aliphatic rings. The molecule has 3 N–H and O–H groups in total. The van der Waals surface area contributed by atoms with Gasteiger partial charge in [-0.1, -0.05) is 18.2 Å². The summed E-state index contributed by atoms with van der Waals surface area (Å²) in [6.07, 6.45) is 0.549. The lowest BCUT2D eigenvalue weighted by molar-refractivity contribution is -0.157. The van der Waals surface area contributed by atoms with Crippen LogP contribution in [0.15, 0.2) is 59.5 Å². The maximum Gasteiger partial charge on any atom is 0.407 e. The molecule has 0 bridgehead atoms. The molecule has 0 aliphatic heterocycles. The number of hydrogen-bond donors (Lipinski definition) is 3. The summed E-state index contributed by atoms with van der Waals surface area (Å²) in [5, 5.41) is 5.35. The van der Waals surface area contributed by atoms with Gasteiger partial charge in [-0.2, -0.15) is 4.72 Å². The van der Waals surface area contributed by atoms with Gasteiger partial charge in [-0.25, -0.2) is 13.2 Å².